The Morgan fingerprint density at radius 3 is 2.71 bits per heavy atom. The van der Waals surface area contributed by atoms with E-state index in [9.17, 15) is 9.90 Å². The van der Waals surface area contributed by atoms with Gasteiger partial charge in [-0.1, -0.05) is 23.7 Å². The predicted molar refractivity (Wildman–Crippen MR) is 118 cm³/mol. The molecule has 1 saturated heterocycles. The molecular weight excluding hydrogens is 422 g/mol. The molecule has 0 radical (unpaired) electrons. The smallest absolute Gasteiger partial charge is 0.256 e. The summed E-state index contributed by atoms with van der Waals surface area (Å²) in [4.78, 5) is 18.6. The van der Waals surface area contributed by atoms with Crippen LogP contribution in [-0.2, 0) is 11.3 Å². The van der Waals surface area contributed by atoms with Gasteiger partial charge in [0.1, 0.15) is 22.9 Å². The number of ether oxygens (including phenoxy) is 1. The molecule has 0 spiro atoms. The van der Waals surface area contributed by atoms with E-state index in [1.807, 2.05) is 0 Å². The highest BCUT2D eigenvalue weighted by molar-refractivity contribution is 6.33. The Hall–Kier alpha value is -3.50. The zero-order valence-electron chi connectivity index (χ0n) is 16.6. The first-order valence-corrected chi connectivity index (χ1v) is 10.0. The summed E-state index contributed by atoms with van der Waals surface area (Å²) in [5.41, 5.74) is 7.25. The monoisotopic (exact) mass is 443 g/mol. The van der Waals surface area contributed by atoms with Crippen molar-refractivity contribution in [1.82, 2.24) is 15.2 Å². The van der Waals surface area contributed by atoms with E-state index in [4.69, 9.17) is 22.1 Å². The van der Waals surface area contributed by atoms with Crippen molar-refractivity contribution in [2.45, 2.75) is 6.54 Å². The molecule has 11 heteroatoms. The second-order valence-corrected chi connectivity index (χ2v) is 7.37. The van der Waals surface area contributed by atoms with Crippen LogP contribution in [-0.4, -0.2) is 52.5 Å². The van der Waals surface area contributed by atoms with Gasteiger partial charge in [-0.2, -0.15) is 5.10 Å². The highest BCUT2D eigenvalue weighted by atomic mass is 35.5. The van der Waals surface area contributed by atoms with E-state index in [1.165, 1.54) is 0 Å². The Morgan fingerprint density at radius 1 is 1.29 bits per heavy atom. The maximum absolute atomic E-state index is 12.1. The first-order chi connectivity index (χ1) is 15.0. The highest BCUT2D eigenvalue weighted by Crippen LogP contribution is 2.30. The Bertz CT molecular complexity index is 1070. The van der Waals surface area contributed by atoms with Crippen molar-refractivity contribution in [3.05, 3.63) is 52.7 Å². The van der Waals surface area contributed by atoms with Gasteiger partial charge in [0.25, 0.3) is 5.91 Å². The number of nitrogens with two attached hydrogens (primary N) is 1. The van der Waals surface area contributed by atoms with Gasteiger partial charge in [0.05, 0.1) is 30.1 Å². The molecule has 1 aromatic carbocycles. The van der Waals surface area contributed by atoms with Crippen LogP contribution >= 0.6 is 11.6 Å². The summed E-state index contributed by atoms with van der Waals surface area (Å²) in [7, 11) is 0. The Balaban J connectivity index is 1.49. The third kappa shape index (κ3) is 4.81. The fourth-order valence-electron chi connectivity index (χ4n) is 3.25. The molecule has 1 aliphatic rings. The van der Waals surface area contributed by atoms with Crippen molar-refractivity contribution in [1.29, 1.82) is 0 Å². The van der Waals surface area contributed by atoms with Crippen molar-refractivity contribution < 1.29 is 14.6 Å². The molecule has 0 bridgehead atoms. The van der Waals surface area contributed by atoms with Gasteiger partial charge in [-0.25, -0.2) is 4.98 Å². The maximum atomic E-state index is 12.1. The third-order valence-electron chi connectivity index (χ3n) is 4.81. The summed E-state index contributed by atoms with van der Waals surface area (Å²) in [6.07, 6.45) is 1.62. The number of H-pyrrole nitrogens is 1. The minimum atomic E-state index is -0.645. The van der Waals surface area contributed by atoms with E-state index >= 15 is 0 Å². The number of morpholine rings is 1. The lowest BCUT2D eigenvalue weighted by Crippen LogP contribution is -2.36. The van der Waals surface area contributed by atoms with Gasteiger partial charge in [0, 0.05) is 19.6 Å². The minimum absolute atomic E-state index is 0.182. The third-order valence-corrected chi connectivity index (χ3v) is 5.09. The van der Waals surface area contributed by atoms with E-state index in [2.05, 4.69) is 30.7 Å². The molecule has 3 aromatic rings. The van der Waals surface area contributed by atoms with E-state index in [-0.39, 0.29) is 17.1 Å². The number of pyridine rings is 1. The number of aromatic hydroxyl groups is 1. The number of carbonyl (C=O) groups is 1. The molecule has 6 N–H and O–H groups in total. The zero-order chi connectivity index (χ0) is 21.8. The standard InChI is InChI=1S/C20H22ClN7O3/c21-15-9-13(11-24-20(15)28-5-7-31-8-6-28)25-19-16(17(22)30)18(26-27-19)23-10-12-1-3-14(29)4-2-12/h1-4,9,11,29H,5-8,10H2,(H2,22,30)(H3,23,25,26,27). The number of carbonyl (C=O) groups excluding carboxylic acids is 1. The van der Waals surface area contributed by atoms with Crippen LogP contribution in [0.1, 0.15) is 15.9 Å². The highest BCUT2D eigenvalue weighted by Gasteiger charge is 2.20. The number of hydrogen-bond acceptors (Lipinski definition) is 8. The number of anilines is 4. The molecule has 0 unspecified atom stereocenters. The number of nitrogens with zero attached hydrogens (tertiary/aromatic N) is 3. The van der Waals surface area contributed by atoms with Gasteiger partial charge >= 0.3 is 0 Å². The van der Waals surface area contributed by atoms with Gasteiger partial charge in [0.15, 0.2) is 5.82 Å². The van der Waals surface area contributed by atoms with Crippen LogP contribution in [0.3, 0.4) is 0 Å². The number of halogens is 1. The fraction of sp³-hybridized carbons (Fsp3) is 0.250. The van der Waals surface area contributed by atoms with Gasteiger partial charge in [-0.15, -0.1) is 0 Å². The molecule has 0 saturated carbocycles. The number of rotatable bonds is 7. The molecule has 0 atom stereocenters. The fourth-order valence-corrected chi connectivity index (χ4v) is 3.53. The molecule has 3 heterocycles. The SMILES string of the molecule is NC(=O)c1c(Nc2cnc(N3CCOCC3)c(Cl)c2)n[nH]c1NCc1ccc(O)cc1. The molecular formula is C20H22ClN7O3. The lowest BCUT2D eigenvalue weighted by atomic mass is 10.2. The van der Waals surface area contributed by atoms with Gasteiger partial charge < -0.3 is 31.1 Å². The summed E-state index contributed by atoms with van der Waals surface area (Å²) in [5, 5.41) is 23.0. The summed E-state index contributed by atoms with van der Waals surface area (Å²) in [6, 6.07) is 8.44. The Morgan fingerprint density at radius 2 is 2.03 bits per heavy atom. The molecule has 4 rings (SSSR count). The van der Waals surface area contributed by atoms with Crippen LogP contribution in [0.5, 0.6) is 5.75 Å². The first-order valence-electron chi connectivity index (χ1n) is 9.66. The van der Waals surface area contributed by atoms with Crippen molar-refractivity contribution in [2.75, 3.05) is 41.8 Å². The van der Waals surface area contributed by atoms with E-state index in [0.29, 0.717) is 42.1 Å². The van der Waals surface area contributed by atoms with Crippen molar-refractivity contribution in [3.8, 4) is 5.75 Å². The van der Waals surface area contributed by atoms with E-state index < -0.39 is 5.91 Å². The van der Waals surface area contributed by atoms with Crippen LogP contribution < -0.4 is 21.3 Å². The van der Waals surface area contributed by atoms with E-state index in [0.717, 1.165) is 18.7 Å². The number of phenols is 1. The number of nitrogens with one attached hydrogen (secondary N) is 3. The van der Waals surface area contributed by atoms with Crippen molar-refractivity contribution >= 4 is 40.6 Å². The summed E-state index contributed by atoms with van der Waals surface area (Å²) >= 11 is 6.43. The first kappa shape index (κ1) is 20.8. The second-order valence-electron chi connectivity index (χ2n) is 6.96. The lowest BCUT2D eigenvalue weighted by Gasteiger charge is -2.28. The van der Waals surface area contributed by atoms with Gasteiger partial charge in [0.2, 0.25) is 0 Å². The van der Waals surface area contributed by atoms with E-state index in [1.54, 1.807) is 36.5 Å². The quantitative estimate of drug-likeness (QED) is 0.375. The average Bonchev–Trinajstić information content (AvgIpc) is 3.17. The average molecular weight is 444 g/mol. The number of benzene rings is 1. The minimum Gasteiger partial charge on any atom is -0.508 e. The Kier molecular flexibility index (Phi) is 6.10. The second kappa shape index (κ2) is 9.11. The summed E-state index contributed by atoms with van der Waals surface area (Å²) < 4.78 is 5.36. The van der Waals surface area contributed by atoms with Gasteiger partial charge in [-0.3, -0.25) is 9.89 Å². The number of hydrogen-bond donors (Lipinski definition) is 5. The number of primary amides is 1. The molecule has 2 aromatic heterocycles. The molecule has 0 aliphatic carbocycles. The van der Waals surface area contributed by atoms with Crippen LogP contribution in [0.2, 0.25) is 5.02 Å². The predicted octanol–water partition coefficient (Wildman–Crippen LogP) is 2.45. The van der Waals surface area contributed by atoms with Crippen LogP contribution in [0.25, 0.3) is 0 Å². The molecule has 31 heavy (non-hydrogen) atoms. The van der Waals surface area contributed by atoms with Crippen LogP contribution in [0.15, 0.2) is 36.5 Å². The number of phenolic OH excluding ortho intramolecular Hbond substituents is 1. The van der Waals surface area contributed by atoms with Crippen molar-refractivity contribution in [3.63, 3.8) is 0 Å². The maximum Gasteiger partial charge on any atom is 0.256 e. The number of amides is 1. The topological polar surface area (TPSA) is 141 Å². The van der Waals surface area contributed by atoms with Gasteiger partial charge in [-0.05, 0) is 23.8 Å². The van der Waals surface area contributed by atoms with Crippen LogP contribution in [0.4, 0.5) is 23.1 Å². The lowest BCUT2D eigenvalue weighted by molar-refractivity contribution is 0.100. The largest absolute Gasteiger partial charge is 0.508 e. The number of aromatic nitrogens is 3. The number of aromatic amines is 1. The van der Waals surface area contributed by atoms with Crippen molar-refractivity contribution in [2.24, 2.45) is 5.73 Å². The Labute approximate surface area is 183 Å². The molecule has 1 fully saturated rings. The molecule has 1 amide bonds. The normalized spacial score (nSPS) is 13.8. The molecule has 1 aliphatic heterocycles. The molecule has 10 nitrogen and oxygen atoms in total. The molecule has 162 valence electrons. The van der Waals surface area contributed by atoms with Crippen LogP contribution in [0, 0.1) is 0 Å². The summed E-state index contributed by atoms with van der Waals surface area (Å²) in [5.74, 6) is 0.864. The zero-order valence-corrected chi connectivity index (χ0v) is 17.3. The summed E-state index contributed by atoms with van der Waals surface area (Å²) in [6.45, 7) is 3.12.